The minimum atomic E-state index is -4.91. The molecule has 3 rings (SSSR count). The van der Waals surface area contributed by atoms with Crippen molar-refractivity contribution in [3.8, 4) is 5.75 Å². The SMILES string of the molecule is O=C(C1C=c2ccc3c(c2O1)C=CC=CN=3)C(F)(F)F. The van der Waals surface area contributed by atoms with Crippen LogP contribution in [0, 0.1) is 0 Å². The molecule has 0 N–H and O–H groups in total. The molecule has 1 aromatic carbocycles. The number of hydrogen-bond acceptors (Lipinski definition) is 3. The van der Waals surface area contributed by atoms with Crippen LogP contribution in [-0.2, 0) is 4.79 Å². The zero-order chi connectivity index (χ0) is 14.3. The summed E-state index contributed by atoms with van der Waals surface area (Å²) in [4.78, 5) is 15.4. The fourth-order valence-corrected chi connectivity index (χ4v) is 2.08. The molecule has 1 atom stereocenters. The molecule has 2 aliphatic heterocycles. The molecule has 0 saturated carbocycles. The van der Waals surface area contributed by atoms with E-state index in [1.54, 1.807) is 36.6 Å². The van der Waals surface area contributed by atoms with Crippen molar-refractivity contribution in [1.82, 2.24) is 0 Å². The largest absolute Gasteiger partial charge is 0.477 e. The van der Waals surface area contributed by atoms with E-state index in [-0.39, 0.29) is 5.75 Å². The van der Waals surface area contributed by atoms with Gasteiger partial charge in [0.05, 0.1) is 5.36 Å². The molecule has 0 aliphatic carbocycles. The number of rotatable bonds is 1. The van der Waals surface area contributed by atoms with Gasteiger partial charge in [-0.15, -0.1) is 0 Å². The van der Waals surface area contributed by atoms with Crippen LogP contribution in [-0.4, -0.2) is 18.1 Å². The topological polar surface area (TPSA) is 38.7 Å². The van der Waals surface area contributed by atoms with E-state index in [9.17, 15) is 18.0 Å². The number of ketones is 1. The van der Waals surface area contributed by atoms with E-state index in [4.69, 9.17) is 4.74 Å². The number of halogens is 3. The summed E-state index contributed by atoms with van der Waals surface area (Å²) in [6.45, 7) is 0. The van der Waals surface area contributed by atoms with Crippen LogP contribution in [0.5, 0.6) is 5.75 Å². The van der Waals surface area contributed by atoms with Gasteiger partial charge in [-0.2, -0.15) is 13.2 Å². The number of nitrogens with zero attached hydrogens (tertiary/aromatic N) is 1. The van der Waals surface area contributed by atoms with E-state index in [2.05, 4.69) is 4.99 Å². The van der Waals surface area contributed by atoms with Crippen molar-refractivity contribution in [1.29, 1.82) is 0 Å². The van der Waals surface area contributed by atoms with Gasteiger partial charge in [0.15, 0.2) is 6.10 Å². The standard InChI is InChI=1S/C14H8F3NO2/c15-14(16,17)13(19)11-7-8-4-5-10-9(12(8)20-11)3-1-2-6-18-10/h1-7,11H. The molecule has 0 radical (unpaired) electrons. The van der Waals surface area contributed by atoms with Gasteiger partial charge in [-0.25, -0.2) is 0 Å². The zero-order valence-electron chi connectivity index (χ0n) is 10.0. The molecule has 3 nitrogen and oxygen atoms in total. The highest BCUT2D eigenvalue weighted by Gasteiger charge is 2.45. The minimum Gasteiger partial charge on any atom is -0.477 e. The third-order valence-electron chi connectivity index (χ3n) is 2.99. The summed E-state index contributed by atoms with van der Waals surface area (Å²) in [7, 11) is 0. The quantitative estimate of drug-likeness (QED) is 0.781. The first kappa shape index (κ1) is 12.7. The van der Waals surface area contributed by atoms with Gasteiger partial charge in [0.1, 0.15) is 5.75 Å². The van der Waals surface area contributed by atoms with Crippen molar-refractivity contribution in [3.05, 3.63) is 46.6 Å². The van der Waals surface area contributed by atoms with Gasteiger partial charge in [0, 0.05) is 17.0 Å². The molecule has 0 fully saturated rings. The highest BCUT2D eigenvalue weighted by atomic mass is 19.4. The van der Waals surface area contributed by atoms with Crippen molar-refractivity contribution >= 4 is 17.9 Å². The third-order valence-corrected chi connectivity index (χ3v) is 2.99. The summed E-state index contributed by atoms with van der Waals surface area (Å²) >= 11 is 0. The summed E-state index contributed by atoms with van der Waals surface area (Å²) in [5, 5.41) is 1.05. The van der Waals surface area contributed by atoms with E-state index in [0.717, 1.165) is 0 Å². The molecule has 6 heteroatoms. The predicted octanol–water partition coefficient (Wildman–Crippen LogP) is 1.52. The van der Waals surface area contributed by atoms with Crippen LogP contribution >= 0.6 is 0 Å². The number of carbonyl (C=O) groups is 1. The molecule has 0 amide bonds. The number of hydrogen-bond donors (Lipinski definition) is 0. The Labute approximate surface area is 111 Å². The first-order chi connectivity index (χ1) is 9.47. The number of ether oxygens (including phenoxy) is 1. The second-order valence-corrected chi connectivity index (χ2v) is 4.31. The normalized spacial score (nSPS) is 19.2. The van der Waals surface area contributed by atoms with Gasteiger partial charge < -0.3 is 4.74 Å². The van der Waals surface area contributed by atoms with Crippen molar-refractivity contribution in [2.75, 3.05) is 0 Å². The van der Waals surface area contributed by atoms with E-state index in [0.29, 0.717) is 16.1 Å². The van der Waals surface area contributed by atoms with Gasteiger partial charge >= 0.3 is 6.18 Å². The maximum Gasteiger partial charge on any atom is 0.454 e. The minimum absolute atomic E-state index is 0.258. The third kappa shape index (κ3) is 2.03. The first-order valence-electron chi connectivity index (χ1n) is 5.80. The van der Waals surface area contributed by atoms with Crippen LogP contribution in [0.1, 0.15) is 5.56 Å². The van der Waals surface area contributed by atoms with Gasteiger partial charge in [0.2, 0.25) is 0 Å². The Balaban J connectivity index is 2.06. The molecule has 0 bridgehead atoms. The lowest BCUT2D eigenvalue weighted by Crippen LogP contribution is -2.35. The second kappa shape index (κ2) is 4.33. The average Bonchev–Trinajstić information content (AvgIpc) is 2.67. The Morgan fingerprint density at radius 1 is 1.25 bits per heavy atom. The maximum absolute atomic E-state index is 12.4. The lowest BCUT2D eigenvalue weighted by atomic mass is 10.1. The molecule has 0 spiro atoms. The molecule has 0 saturated heterocycles. The summed E-state index contributed by atoms with van der Waals surface area (Å²) < 4.78 is 42.5. The van der Waals surface area contributed by atoms with Crippen molar-refractivity contribution in [2.45, 2.75) is 12.3 Å². The van der Waals surface area contributed by atoms with Gasteiger partial charge in [-0.3, -0.25) is 9.79 Å². The average molecular weight is 279 g/mol. The van der Waals surface area contributed by atoms with Gasteiger partial charge in [0.25, 0.3) is 5.78 Å². The maximum atomic E-state index is 12.4. The van der Waals surface area contributed by atoms with Crippen LogP contribution in [0.4, 0.5) is 13.2 Å². The summed E-state index contributed by atoms with van der Waals surface area (Å²) in [6, 6.07) is 3.27. The predicted molar refractivity (Wildman–Crippen MR) is 65.3 cm³/mol. The Hall–Kier alpha value is -2.37. The number of Topliss-reactive ketones (excluding diaryl/α,β-unsaturated/α-hetero) is 1. The van der Waals surface area contributed by atoms with Crippen molar-refractivity contribution in [2.24, 2.45) is 4.99 Å². The van der Waals surface area contributed by atoms with Crippen molar-refractivity contribution < 1.29 is 22.7 Å². The first-order valence-corrected chi connectivity index (χ1v) is 5.80. The fraction of sp³-hybridized carbons (Fsp3) is 0.143. The van der Waals surface area contributed by atoms with Crippen molar-refractivity contribution in [3.63, 3.8) is 0 Å². The number of carbonyl (C=O) groups excluding carboxylic acids is 1. The Morgan fingerprint density at radius 2 is 2.05 bits per heavy atom. The Bertz CT molecular complexity index is 760. The van der Waals surface area contributed by atoms with Crippen LogP contribution < -0.4 is 15.3 Å². The molecule has 2 aliphatic rings. The lowest BCUT2D eigenvalue weighted by molar-refractivity contribution is -0.175. The molecular weight excluding hydrogens is 271 g/mol. The second-order valence-electron chi connectivity index (χ2n) is 4.31. The number of alkyl halides is 3. The highest BCUT2D eigenvalue weighted by Crippen LogP contribution is 2.25. The molecule has 1 aromatic rings. The highest BCUT2D eigenvalue weighted by molar-refractivity contribution is 5.94. The summed E-state index contributed by atoms with van der Waals surface area (Å²) in [5.41, 5.74) is 0.571. The number of fused-ring (bicyclic) bond motifs is 3. The molecule has 102 valence electrons. The Morgan fingerprint density at radius 3 is 2.80 bits per heavy atom. The summed E-state index contributed by atoms with van der Waals surface area (Å²) in [5.74, 6) is -1.65. The monoisotopic (exact) mass is 279 g/mol. The van der Waals surface area contributed by atoms with E-state index >= 15 is 0 Å². The molecule has 20 heavy (non-hydrogen) atoms. The van der Waals surface area contributed by atoms with Crippen LogP contribution in [0.3, 0.4) is 0 Å². The molecular formula is C14H8F3NO2. The van der Waals surface area contributed by atoms with E-state index in [1.807, 2.05) is 0 Å². The van der Waals surface area contributed by atoms with Crippen LogP contribution in [0.25, 0.3) is 12.2 Å². The van der Waals surface area contributed by atoms with Crippen LogP contribution in [0.2, 0.25) is 0 Å². The summed E-state index contributed by atoms with van der Waals surface area (Å²) in [6.07, 6.45) is 1.31. The molecule has 2 heterocycles. The number of benzene rings is 1. The lowest BCUT2D eigenvalue weighted by Gasteiger charge is -2.12. The van der Waals surface area contributed by atoms with Crippen LogP contribution in [0.15, 0.2) is 35.5 Å². The van der Waals surface area contributed by atoms with E-state index in [1.165, 1.54) is 6.08 Å². The van der Waals surface area contributed by atoms with E-state index < -0.39 is 18.1 Å². The Kier molecular flexibility index (Phi) is 2.74. The van der Waals surface area contributed by atoms with Gasteiger partial charge in [-0.05, 0) is 30.4 Å². The number of allylic oxidation sites excluding steroid dienone is 2. The van der Waals surface area contributed by atoms with Gasteiger partial charge in [-0.1, -0.05) is 6.08 Å². The zero-order valence-corrected chi connectivity index (χ0v) is 10.0. The molecule has 1 unspecified atom stereocenters. The molecule has 0 aromatic heterocycles. The smallest absolute Gasteiger partial charge is 0.454 e. The fourth-order valence-electron chi connectivity index (χ4n) is 2.08.